The summed E-state index contributed by atoms with van der Waals surface area (Å²) >= 11 is 0. The lowest BCUT2D eigenvalue weighted by Gasteiger charge is -2.64. The van der Waals surface area contributed by atoms with Gasteiger partial charge in [0.2, 0.25) is 0 Å². The monoisotopic (exact) mass is 842 g/mol. The van der Waals surface area contributed by atoms with Crippen LogP contribution in [0.4, 0.5) is 0 Å². The van der Waals surface area contributed by atoms with Gasteiger partial charge >= 0.3 is 5.97 Å². The molecule has 5 saturated carbocycles. The summed E-state index contributed by atoms with van der Waals surface area (Å²) in [5, 5.41) is 99.1. The maximum absolute atomic E-state index is 13.5. The Labute approximate surface area is 346 Å². The average Bonchev–Trinajstić information content (AvgIpc) is 3.79. The fraction of sp³-hybridized carbons (Fsp3) is 0.977. The lowest BCUT2D eigenvalue weighted by atomic mass is 9.41. The Morgan fingerprint density at radius 2 is 1.49 bits per heavy atom. The molecule has 0 radical (unpaired) electrons. The summed E-state index contributed by atoms with van der Waals surface area (Å²) in [6.45, 7) is 14.3. The molecule has 3 heterocycles. The molecule has 3 saturated heterocycles. The topological polar surface area (TPSA) is 255 Å². The van der Waals surface area contributed by atoms with Gasteiger partial charge in [-0.3, -0.25) is 4.79 Å². The Kier molecular flexibility index (Phi) is 10.9. The Morgan fingerprint density at radius 1 is 0.847 bits per heavy atom. The maximum atomic E-state index is 13.5. The van der Waals surface area contributed by atoms with Crippen molar-refractivity contribution in [3.8, 4) is 0 Å². The van der Waals surface area contributed by atoms with E-state index >= 15 is 0 Å². The van der Waals surface area contributed by atoms with Gasteiger partial charge in [0.15, 0.2) is 24.5 Å². The smallest absolute Gasteiger partial charge is 0.303 e. The van der Waals surface area contributed by atoms with Gasteiger partial charge in [0.25, 0.3) is 0 Å². The number of carbonyl (C=O) groups is 1. The number of rotatable bonds is 8. The van der Waals surface area contributed by atoms with Gasteiger partial charge in [0.05, 0.1) is 24.9 Å². The highest BCUT2D eigenvalue weighted by atomic mass is 16.7. The van der Waals surface area contributed by atoms with Gasteiger partial charge < -0.3 is 74.4 Å². The van der Waals surface area contributed by atoms with E-state index in [1.165, 1.54) is 20.8 Å². The highest BCUT2D eigenvalue weighted by Gasteiger charge is 2.87. The minimum Gasteiger partial charge on any atom is -0.457 e. The Balaban J connectivity index is 1.17. The molecule has 8 rings (SSSR count). The fourth-order valence-corrected chi connectivity index (χ4v) is 15.3. The van der Waals surface area contributed by atoms with Crippen molar-refractivity contribution >= 4 is 5.97 Å². The maximum Gasteiger partial charge on any atom is 0.303 e. The van der Waals surface area contributed by atoms with Crippen molar-refractivity contribution in [2.45, 2.75) is 198 Å². The number of esters is 1. The standard InChI is InChI=1S/C43H70O16/c1-19-15-22(33(38(5,6)52)55-20(2)45)59-43(53)32(19)39(7)13-14-42-18-41(42)12-11-26(57-34-30(50)27(47)21(46)17-54-34)37(3,4)24(41)9-10-25(42)40(39,8)36(43)58-35-31(51)29(49)28(48)23(16-44)56-35/h19,21-36,44,46-53H,9-18H2,1-8H3/t19-,21-,22-,23-,24+,25+,26+,27+,28-,29+,30-,31-,32-,33+,34+,35+,36-,39-,40-,41-,42+,43+/m1/s1. The second kappa shape index (κ2) is 14.5. The lowest BCUT2D eigenvalue weighted by molar-refractivity contribution is -0.384. The van der Waals surface area contributed by atoms with Crippen molar-refractivity contribution < 1.29 is 79.2 Å². The zero-order chi connectivity index (χ0) is 43.2. The van der Waals surface area contributed by atoms with Crippen LogP contribution in [-0.2, 0) is 33.2 Å². The molecule has 0 unspecified atom stereocenters. The molecule has 338 valence electrons. The van der Waals surface area contributed by atoms with Gasteiger partial charge in [0, 0.05) is 18.3 Å². The zero-order valence-electron chi connectivity index (χ0n) is 35.8. The first kappa shape index (κ1) is 44.5. The Bertz CT molecular complexity index is 1600. The van der Waals surface area contributed by atoms with Crippen LogP contribution in [0.1, 0.15) is 107 Å². The van der Waals surface area contributed by atoms with E-state index in [0.717, 1.165) is 38.5 Å². The number of carbonyl (C=O) groups excluding carboxylic acids is 1. The number of ether oxygens (including phenoxy) is 6. The van der Waals surface area contributed by atoms with Crippen LogP contribution in [0, 0.1) is 50.7 Å². The summed E-state index contributed by atoms with van der Waals surface area (Å²) in [7, 11) is 0. The average molecular weight is 843 g/mol. The number of aliphatic hydroxyl groups is 9. The van der Waals surface area contributed by atoms with E-state index in [-0.39, 0.29) is 46.7 Å². The molecular formula is C43H70O16. The van der Waals surface area contributed by atoms with Gasteiger partial charge in [0.1, 0.15) is 54.9 Å². The third-order valence-electron chi connectivity index (χ3n) is 18.0. The highest BCUT2D eigenvalue weighted by Crippen LogP contribution is 2.90. The molecular weight excluding hydrogens is 772 g/mol. The quantitative estimate of drug-likeness (QED) is 0.119. The number of hydrogen-bond acceptors (Lipinski definition) is 16. The van der Waals surface area contributed by atoms with Gasteiger partial charge in [-0.2, -0.15) is 0 Å². The first-order valence-electron chi connectivity index (χ1n) is 21.9. The second-order valence-electron chi connectivity index (χ2n) is 21.6. The normalized spacial score (nSPS) is 55.7. The lowest BCUT2D eigenvalue weighted by Crippen LogP contribution is -2.65. The van der Waals surface area contributed by atoms with E-state index < -0.39 is 114 Å². The zero-order valence-corrected chi connectivity index (χ0v) is 35.8. The second-order valence-corrected chi connectivity index (χ2v) is 21.6. The largest absolute Gasteiger partial charge is 0.457 e. The molecule has 0 aromatic carbocycles. The summed E-state index contributed by atoms with van der Waals surface area (Å²) in [5.74, 6) is -3.23. The molecule has 0 aromatic heterocycles. The van der Waals surface area contributed by atoms with Crippen molar-refractivity contribution in [2.24, 2.45) is 50.7 Å². The summed E-state index contributed by atoms with van der Waals surface area (Å²) in [6.07, 6.45) is -10.5. The van der Waals surface area contributed by atoms with Crippen molar-refractivity contribution in [1.29, 1.82) is 0 Å². The predicted octanol–water partition coefficient (Wildman–Crippen LogP) is 0.471. The SMILES string of the molecule is CC(=O)O[C@@H]([C@H]1C[C@@H](C)[C@H]2[C@](O)(O1)[C@H](O[C@@H]1O[C@H](CO)[C@@H](O)[C@H](O)[C@H]1O)[C@@]1(C)[C@@H]3CC[C@H]4C(C)(C)[C@@H](O[C@@H]5OC[C@@H](O)[C@H](O)[C@H]5O)CC[C@@]45C[C@@]35CC[C@]21C)C(C)(C)O. The summed E-state index contributed by atoms with van der Waals surface area (Å²) in [4.78, 5) is 12.4. The van der Waals surface area contributed by atoms with E-state index in [1.54, 1.807) is 0 Å². The molecule has 0 bridgehead atoms. The van der Waals surface area contributed by atoms with Crippen LogP contribution in [-0.4, -0.2) is 156 Å². The fourth-order valence-electron chi connectivity index (χ4n) is 15.3. The number of aliphatic hydroxyl groups excluding tert-OH is 7. The molecule has 16 nitrogen and oxygen atoms in total. The minimum absolute atomic E-state index is 0.0179. The van der Waals surface area contributed by atoms with E-state index in [0.29, 0.717) is 12.8 Å². The van der Waals surface area contributed by atoms with E-state index in [1.807, 2.05) is 6.92 Å². The molecule has 8 fully saturated rings. The van der Waals surface area contributed by atoms with E-state index in [2.05, 4.69) is 27.7 Å². The van der Waals surface area contributed by atoms with Crippen molar-refractivity contribution in [1.82, 2.24) is 0 Å². The van der Waals surface area contributed by atoms with Gasteiger partial charge in [-0.25, -0.2) is 0 Å². The molecule has 0 amide bonds. The molecule has 8 aliphatic rings. The molecule has 3 aliphatic heterocycles. The first-order valence-corrected chi connectivity index (χ1v) is 21.9. The molecule has 9 N–H and O–H groups in total. The van der Waals surface area contributed by atoms with Crippen LogP contribution in [0.3, 0.4) is 0 Å². The Hall–Kier alpha value is -1.09. The molecule has 0 aromatic rings. The third-order valence-corrected chi connectivity index (χ3v) is 18.0. The van der Waals surface area contributed by atoms with Crippen molar-refractivity contribution in [3.05, 3.63) is 0 Å². The van der Waals surface area contributed by atoms with Crippen LogP contribution in [0.2, 0.25) is 0 Å². The van der Waals surface area contributed by atoms with Crippen LogP contribution in [0.25, 0.3) is 0 Å². The van der Waals surface area contributed by atoms with Gasteiger partial charge in [-0.05, 0) is 105 Å². The Morgan fingerprint density at radius 3 is 2.14 bits per heavy atom. The van der Waals surface area contributed by atoms with E-state index in [9.17, 15) is 50.8 Å². The van der Waals surface area contributed by atoms with Gasteiger partial charge in [-0.1, -0.05) is 34.6 Å². The summed E-state index contributed by atoms with van der Waals surface area (Å²) in [5.41, 5.74) is -3.61. The van der Waals surface area contributed by atoms with E-state index in [4.69, 9.17) is 28.4 Å². The number of fused-ring (bicyclic) bond motifs is 4. The predicted molar refractivity (Wildman–Crippen MR) is 204 cm³/mol. The molecule has 2 spiro atoms. The third kappa shape index (κ3) is 6.16. The minimum atomic E-state index is -2.07. The summed E-state index contributed by atoms with van der Waals surface area (Å²) in [6, 6.07) is 0. The number of hydrogen-bond donors (Lipinski definition) is 9. The van der Waals surface area contributed by atoms with Crippen LogP contribution in [0.5, 0.6) is 0 Å². The molecule has 16 heteroatoms. The summed E-state index contributed by atoms with van der Waals surface area (Å²) < 4.78 is 37.6. The van der Waals surface area contributed by atoms with Gasteiger partial charge in [-0.15, -0.1) is 0 Å². The molecule has 5 aliphatic carbocycles. The first-order chi connectivity index (χ1) is 27.4. The van der Waals surface area contributed by atoms with Crippen LogP contribution >= 0.6 is 0 Å². The van der Waals surface area contributed by atoms with Crippen LogP contribution in [0.15, 0.2) is 0 Å². The molecule has 59 heavy (non-hydrogen) atoms. The van der Waals surface area contributed by atoms with Crippen molar-refractivity contribution in [3.63, 3.8) is 0 Å². The molecule has 22 atom stereocenters. The van der Waals surface area contributed by atoms with Crippen molar-refractivity contribution in [2.75, 3.05) is 13.2 Å². The van der Waals surface area contributed by atoms with Crippen LogP contribution < -0.4 is 0 Å². The highest BCUT2D eigenvalue weighted by molar-refractivity contribution is 5.66.